The van der Waals surface area contributed by atoms with Crippen LogP contribution in [0.2, 0.25) is 0 Å². The summed E-state index contributed by atoms with van der Waals surface area (Å²) < 4.78 is 37.8. The highest BCUT2D eigenvalue weighted by molar-refractivity contribution is 5.89. The number of amides is 2. The molecule has 1 heterocycles. The van der Waals surface area contributed by atoms with Gasteiger partial charge in [0.15, 0.2) is 0 Å². The average molecular weight is 555 g/mol. The summed E-state index contributed by atoms with van der Waals surface area (Å²) in [6, 6.07) is 16.9. The van der Waals surface area contributed by atoms with Crippen LogP contribution in [0.15, 0.2) is 54.1 Å². The van der Waals surface area contributed by atoms with E-state index in [9.17, 15) is 27.6 Å². The fraction of sp³-hybridized carbons (Fsp3) is 0.379. The summed E-state index contributed by atoms with van der Waals surface area (Å²) in [4.78, 5) is 45.5. The van der Waals surface area contributed by atoms with Crippen molar-refractivity contribution in [2.75, 3.05) is 31.1 Å². The number of halogens is 3. The van der Waals surface area contributed by atoms with Crippen LogP contribution in [-0.2, 0) is 19.2 Å². The molecule has 1 aliphatic carbocycles. The lowest BCUT2D eigenvalue weighted by Gasteiger charge is -2.40. The molecule has 2 aromatic carbocycles. The molecule has 210 valence electrons. The molecule has 11 heteroatoms. The molecule has 2 atom stereocenters. The first-order valence-electron chi connectivity index (χ1n) is 12.9. The number of hydrogen-bond donors (Lipinski definition) is 1. The van der Waals surface area contributed by atoms with Gasteiger partial charge in [-0.25, -0.2) is 4.79 Å². The number of anilines is 1. The van der Waals surface area contributed by atoms with Crippen LogP contribution in [0.25, 0.3) is 6.08 Å². The van der Waals surface area contributed by atoms with E-state index in [-0.39, 0.29) is 12.3 Å². The highest BCUT2D eigenvalue weighted by atomic mass is 19.4. The monoisotopic (exact) mass is 554 g/mol. The lowest BCUT2D eigenvalue weighted by molar-refractivity contribution is -0.208. The third-order valence-corrected chi connectivity index (χ3v) is 7.30. The zero-order valence-corrected chi connectivity index (χ0v) is 21.9. The van der Waals surface area contributed by atoms with Crippen molar-refractivity contribution in [1.82, 2.24) is 10.4 Å². The molecule has 0 aromatic heterocycles. The number of carbonyl (C=O) groups excluding carboxylic acids is 3. The van der Waals surface area contributed by atoms with E-state index in [0.29, 0.717) is 44.6 Å². The number of carbonyl (C=O) groups is 3. The van der Waals surface area contributed by atoms with Crippen LogP contribution < -0.4 is 10.4 Å². The minimum absolute atomic E-state index is 0.144. The number of hydroxylamine groups is 1. The molecule has 1 saturated carbocycles. The fourth-order valence-electron chi connectivity index (χ4n) is 5.27. The van der Waals surface area contributed by atoms with E-state index in [1.165, 1.54) is 0 Å². The molecule has 2 fully saturated rings. The normalized spacial score (nSPS) is 20.5. The highest BCUT2D eigenvalue weighted by Gasteiger charge is 2.44. The zero-order valence-electron chi connectivity index (χ0n) is 21.9. The van der Waals surface area contributed by atoms with E-state index < -0.39 is 29.9 Å². The molecule has 4 rings (SSSR count). The van der Waals surface area contributed by atoms with Gasteiger partial charge < -0.3 is 14.6 Å². The third kappa shape index (κ3) is 6.81. The number of benzene rings is 2. The Morgan fingerprint density at radius 2 is 1.75 bits per heavy atom. The van der Waals surface area contributed by atoms with Crippen LogP contribution in [0.1, 0.15) is 36.0 Å². The first-order valence-corrected chi connectivity index (χ1v) is 12.9. The average Bonchev–Trinajstić information content (AvgIpc) is 2.95. The molecule has 2 amide bonds. The fourth-order valence-corrected chi connectivity index (χ4v) is 5.27. The van der Waals surface area contributed by atoms with Crippen molar-refractivity contribution in [3.8, 4) is 6.07 Å². The summed E-state index contributed by atoms with van der Waals surface area (Å²) in [7, 11) is 0. The lowest BCUT2D eigenvalue weighted by atomic mass is 9.75. The number of nitriles is 1. The number of aryl methyl sites for hydroxylation is 1. The maximum Gasteiger partial charge on any atom is 0.493 e. The Morgan fingerprint density at radius 3 is 2.38 bits per heavy atom. The second kappa shape index (κ2) is 12.2. The second-order valence-electron chi connectivity index (χ2n) is 9.95. The third-order valence-electron chi connectivity index (χ3n) is 7.30. The predicted octanol–water partition coefficient (Wildman–Crippen LogP) is 4.15. The predicted molar refractivity (Wildman–Crippen MR) is 140 cm³/mol. The van der Waals surface area contributed by atoms with Crippen LogP contribution in [-0.4, -0.2) is 55.0 Å². The van der Waals surface area contributed by atoms with Gasteiger partial charge in [-0.2, -0.15) is 23.9 Å². The van der Waals surface area contributed by atoms with Gasteiger partial charge in [-0.05, 0) is 55.5 Å². The molecular weight excluding hydrogens is 525 g/mol. The van der Waals surface area contributed by atoms with Crippen molar-refractivity contribution < 1.29 is 32.4 Å². The largest absolute Gasteiger partial charge is 0.493 e. The van der Waals surface area contributed by atoms with E-state index in [0.717, 1.165) is 22.4 Å². The van der Waals surface area contributed by atoms with E-state index >= 15 is 0 Å². The molecule has 0 spiro atoms. The maximum atomic E-state index is 13.6. The van der Waals surface area contributed by atoms with Gasteiger partial charge in [0.05, 0.1) is 23.5 Å². The molecule has 8 nitrogen and oxygen atoms in total. The summed E-state index contributed by atoms with van der Waals surface area (Å²) in [5.74, 6) is -5.51. The smallest absolute Gasteiger partial charge is 0.368 e. The van der Waals surface area contributed by atoms with Gasteiger partial charge in [0, 0.05) is 31.9 Å². The molecule has 40 heavy (non-hydrogen) atoms. The number of hydrogen-bond acceptors (Lipinski definition) is 6. The summed E-state index contributed by atoms with van der Waals surface area (Å²) in [6.07, 6.45) is -2.34. The molecular formula is C29H29F3N4O4. The Balaban J connectivity index is 1.46. The van der Waals surface area contributed by atoms with Crippen LogP contribution in [0.4, 0.5) is 18.9 Å². The Bertz CT molecular complexity index is 1330. The summed E-state index contributed by atoms with van der Waals surface area (Å²) >= 11 is 0. The lowest BCUT2D eigenvalue weighted by Crippen LogP contribution is -2.53. The van der Waals surface area contributed by atoms with Crippen LogP contribution >= 0.6 is 0 Å². The van der Waals surface area contributed by atoms with Gasteiger partial charge >= 0.3 is 12.1 Å². The van der Waals surface area contributed by atoms with Gasteiger partial charge in [0.1, 0.15) is 0 Å². The van der Waals surface area contributed by atoms with Crippen LogP contribution in [0, 0.1) is 30.1 Å². The molecule has 2 aromatic rings. The quantitative estimate of drug-likeness (QED) is 0.570. The van der Waals surface area contributed by atoms with E-state index in [2.05, 4.69) is 15.8 Å². The van der Waals surface area contributed by atoms with Gasteiger partial charge in [-0.3, -0.25) is 9.59 Å². The van der Waals surface area contributed by atoms with E-state index in [1.807, 2.05) is 55.5 Å². The molecule has 1 aliphatic heterocycles. The van der Waals surface area contributed by atoms with Gasteiger partial charge in [0.2, 0.25) is 5.91 Å². The molecule has 1 N–H and O–H groups in total. The van der Waals surface area contributed by atoms with Crippen LogP contribution in [0.5, 0.6) is 0 Å². The van der Waals surface area contributed by atoms with Crippen molar-refractivity contribution in [3.05, 3.63) is 70.8 Å². The Morgan fingerprint density at radius 1 is 1.05 bits per heavy atom. The molecule has 2 aliphatic rings. The number of nitrogens with zero attached hydrogens (tertiary/aromatic N) is 3. The SMILES string of the molecule is Cc1cc(C#N)ccc1N1CCN(C(=O)[C@H]2CCC(=Cc3ccccc3)C[C@@H]2C(=O)NOC(=O)C(F)(F)F)CC1. The van der Waals surface area contributed by atoms with Crippen molar-refractivity contribution in [3.63, 3.8) is 0 Å². The summed E-state index contributed by atoms with van der Waals surface area (Å²) in [5, 5.41) is 9.12. The number of alkyl halides is 3. The number of nitrogens with one attached hydrogen (secondary N) is 1. The van der Waals surface area contributed by atoms with Crippen LogP contribution in [0.3, 0.4) is 0 Å². The van der Waals surface area contributed by atoms with E-state index in [1.54, 1.807) is 16.4 Å². The number of allylic oxidation sites excluding steroid dienone is 1. The highest BCUT2D eigenvalue weighted by Crippen LogP contribution is 2.36. The molecule has 0 bridgehead atoms. The second-order valence-corrected chi connectivity index (χ2v) is 9.95. The topological polar surface area (TPSA) is 103 Å². The van der Waals surface area contributed by atoms with Crippen molar-refractivity contribution >= 4 is 29.5 Å². The Hall–Kier alpha value is -4.33. The van der Waals surface area contributed by atoms with Gasteiger partial charge in [-0.15, -0.1) is 0 Å². The Labute approximate surface area is 230 Å². The van der Waals surface area contributed by atoms with E-state index in [4.69, 9.17) is 5.26 Å². The van der Waals surface area contributed by atoms with Crippen molar-refractivity contribution in [2.45, 2.75) is 32.4 Å². The molecule has 1 saturated heterocycles. The number of rotatable bonds is 4. The maximum absolute atomic E-state index is 13.6. The van der Waals surface area contributed by atoms with Gasteiger partial charge in [-0.1, -0.05) is 42.0 Å². The van der Waals surface area contributed by atoms with Gasteiger partial charge in [0.25, 0.3) is 5.91 Å². The standard InChI is InChI=1S/C29H29F3N4O4/c1-19-15-22(18-33)8-10-25(19)35-11-13-36(14-12-35)27(38)23-9-7-21(16-20-5-3-2-4-6-20)17-24(23)26(37)34-40-28(39)29(30,31)32/h2-6,8,10,15-16,23-24H,7,9,11-14,17H2,1H3,(H,34,37)/t23-,24-/m0/s1. The van der Waals surface area contributed by atoms with Crippen molar-refractivity contribution in [1.29, 1.82) is 5.26 Å². The summed E-state index contributed by atoms with van der Waals surface area (Å²) in [6.45, 7) is 3.82. The molecule has 0 radical (unpaired) electrons. The minimum Gasteiger partial charge on any atom is -0.368 e. The summed E-state index contributed by atoms with van der Waals surface area (Å²) in [5.41, 5.74) is 5.91. The Kier molecular flexibility index (Phi) is 8.77. The molecule has 0 unspecified atom stereocenters. The van der Waals surface area contributed by atoms with Crippen molar-refractivity contribution in [2.24, 2.45) is 11.8 Å². The first-order chi connectivity index (χ1) is 19.1. The minimum atomic E-state index is -5.26. The first kappa shape index (κ1) is 28.7. The zero-order chi connectivity index (χ0) is 28.9. The number of piperazine rings is 1.